The summed E-state index contributed by atoms with van der Waals surface area (Å²) < 4.78 is 14.1. The first-order valence-corrected chi connectivity index (χ1v) is 9.68. The highest BCUT2D eigenvalue weighted by Crippen LogP contribution is 2.30. The second-order valence-electron chi connectivity index (χ2n) is 6.90. The molecule has 1 atom stereocenters. The highest BCUT2D eigenvalue weighted by atomic mass is 35.5. The molecule has 0 bridgehead atoms. The first-order chi connectivity index (χ1) is 14.0. The predicted molar refractivity (Wildman–Crippen MR) is 111 cm³/mol. The van der Waals surface area contributed by atoms with Crippen LogP contribution in [0.15, 0.2) is 49.3 Å². The molecule has 1 aliphatic heterocycles. The van der Waals surface area contributed by atoms with E-state index in [1.807, 2.05) is 12.1 Å². The zero-order valence-corrected chi connectivity index (χ0v) is 16.4. The molecule has 1 aliphatic rings. The van der Waals surface area contributed by atoms with E-state index in [0.29, 0.717) is 28.4 Å². The largest absolute Gasteiger partial charge is 0.339 e. The van der Waals surface area contributed by atoms with Gasteiger partial charge >= 0.3 is 0 Å². The van der Waals surface area contributed by atoms with Crippen molar-refractivity contribution in [3.05, 3.63) is 65.8 Å². The molecule has 0 radical (unpaired) electrons. The quantitative estimate of drug-likeness (QED) is 0.642. The van der Waals surface area contributed by atoms with Gasteiger partial charge in [0.15, 0.2) is 5.82 Å². The minimum atomic E-state index is -0.442. The third-order valence-electron chi connectivity index (χ3n) is 5.01. The lowest BCUT2D eigenvalue weighted by molar-refractivity contribution is -0.127. The Hall–Kier alpha value is -3.06. The average Bonchev–Trinajstić information content (AvgIpc) is 2.75. The number of hydrogen-bond donors (Lipinski definition) is 1. The molecule has 8 heteroatoms. The van der Waals surface area contributed by atoms with E-state index in [1.54, 1.807) is 4.90 Å². The normalized spacial score (nSPS) is 16.6. The topological polar surface area (TPSA) is 71.0 Å². The summed E-state index contributed by atoms with van der Waals surface area (Å²) in [4.78, 5) is 27.0. The number of pyridine rings is 1. The Labute approximate surface area is 172 Å². The Bertz CT molecular complexity index is 1090. The summed E-state index contributed by atoms with van der Waals surface area (Å²) in [5, 5.41) is 3.38. The van der Waals surface area contributed by atoms with Crippen molar-refractivity contribution in [2.45, 2.75) is 18.8 Å². The third-order valence-corrected chi connectivity index (χ3v) is 5.25. The fourth-order valence-corrected chi connectivity index (χ4v) is 3.71. The average molecular weight is 412 g/mol. The van der Waals surface area contributed by atoms with Crippen LogP contribution in [0.4, 0.5) is 15.9 Å². The van der Waals surface area contributed by atoms with Crippen LogP contribution in [0.5, 0.6) is 0 Å². The summed E-state index contributed by atoms with van der Waals surface area (Å²) in [5.74, 6) is -0.0124. The van der Waals surface area contributed by atoms with Crippen LogP contribution in [0, 0.1) is 5.82 Å². The summed E-state index contributed by atoms with van der Waals surface area (Å²) in [7, 11) is 0. The van der Waals surface area contributed by atoms with Gasteiger partial charge in [-0.15, -0.1) is 0 Å². The van der Waals surface area contributed by atoms with Gasteiger partial charge in [0.05, 0.1) is 11.2 Å². The maximum atomic E-state index is 14.1. The predicted octanol–water partition coefficient (Wildman–Crippen LogP) is 4.45. The Balaban J connectivity index is 1.68. The molecule has 2 aromatic heterocycles. The summed E-state index contributed by atoms with van der Waals surface area (Å²) >= 11 is 5.98. The number of rotatable bonds is 4. The number of nitrogens with zero attached hydrogens (tertiary/aromatic N) is 4. The molecule has 1 amide bonds. The number of anilines is 2. The Morgan fingerprint density at radius 3 is 3.00 bits per heavy atom. The summed E-state index contributed by atoms with van der Waals surface area (Å²) in [5.41, 5.74) is 2.24. The van der Waals surface area contributed by atoms with Crippen LogP contribution in [0.3, 0.4) is 0 Å². The molecule has 3 aromatic rings. The van der Waals surface area contributed by atoms with Crippen LogP contribution in [-0.4, -0.2) is 38.8 Å². The Kier molecular flexibility index (Phi) is 5.40. The number of piperidine rings is 1. The second-order valence-corrected chi connectivity index (χ2v) is 7.34. The van der Waals surface area contributed by atoms with Crippen LogP contribution in [0.2, 0.25) is 5.02 Å². The molecule has 1 fully saturated rings. The van der Waals surface area contributed by atoms with Gasteiger partial charge < -0.3 is 10.2 Å². The van der Waals surface area contributed by atoms with Crippen LogP contribution in [0.25, 0.3) is 11.0 Å². The van der Waals surface area contributed by atoms with Crippen molar-refractivity contribution in [1.82, 2.24) is 19.9 Å². The van der Waals surface area contributed by atoms with Gasteiger partial charge in [-0.2, -0.15) is 0 Å². The highest BCUT2D eigenvalue weighted by Gasteiger charge is 2.25. The van der Waals surface area contributed by atoms with Crippen molar-refractivity contribution in [3.8, 4) is 0 Å². The zero-order valence-electron chi connectivity index (χ0n) is 15.6. The minimum absolute atomic E-state index is 0.0717. The molecule has 1 aromatic carbocycles. The Morgan fingerprint density at radius 2 is 2.17 bits per heavy atom. The highest BCUT2D eigenvalue weighted by molar-refractivity contribution is 6.30. The fourth-order valence-electron chi connectivity index (χ4n) is 3.54. The maximum Gasteiger partial charge on any atom is 0.245 e. The van der Waals surface area contributed by atoms with E-state index in [2.05, 4.69) is 21.9 Å². The van der Waals surface area contributed by atoms with Crippen molar-refractivity contribution in [3.63, 3.8) is 0 Å². The molecule has 1 unspecified atom stereocenters. The first-order valence-electron chi connectivity index (χ1n) is 9.30. The number of likely N-dealkylation sites (tertiary alicyclic amines) is 1. The molecule has 0 aliphatic carbocycles. The number of aromatic nitrogens is 3. The van der Waals surface area contributed by atoms with Gasteiger partial charge in [0.25, 0.3) is 0 Å². The van der Waals surface area contributed by atoms with Crippen molar-refractivity contribution >= 4 is 40.0 Å². The van der Waals surface area contributed by atoms with Gasteiger partial charge in [-0.25, -0.2) is 19.3 Å². The summed E-state index contributed by atoms with van der Waals surface area (Å²) in [6, 6.07) is 8.06. The number of amides is 1. The van der Waals surface area contributed by atoms with E-state index in [0.717, 1.165) is 25.1 Å². The van der Waals surface area contributed by atoms with Gasteiger partial charge in [-0.1, -0.05) is 18.2 Å². The second kappa shape index (κ2) is 8.13. The van der Waals surface area contributed by atoms with Crippen LogP contribution < -0.4 is 5.32 Å². The van der Waals surface area contributed by atoms with E-state index < -0.39 is 5.82 Å². The number of hydrogen-bond acceptors (Lipinski definition) is 5. The molecule has 0 saturated carbocycles. The molecule has 29 heavy (non-hydrogen) atoms. The number of benzene rings is 1. The molecular formula is C21H19ClFN5O. The van der Waals surface area contributed by atoms with Crippen LogP contribution >= 0.6 is 11.6 Å². The monoisotopic (exact) mass is 411 g/mol. The van der Waals surface area contributed by atoms with Crippen molar-refractivity contribution in [2.24, 2.45) is 0 Å². The molecule has 3 heterocycles. The molecule has 6 nitrogen and oxygen atoms in total. The zero-order chi connectivity index (χ0) is 20.4. The smallest absolute Gasteiger partial charge is 0.245 e. The number of fused-ring (bicyclic) bond motifs is 1. The first kappa shape index (κ1) is 19.3. The summed E-state index contributed by atoms with van der Waals surface area (Å²) in [6.07, 6.45) is 4.57. The summed E-state index contributed by atoms with van der Waals surface area (Å²) in [6.45, 7) is 4.87. The van der Waals surface area contributed by atoms with Gasteiger partial charge in [0.1, 0.15) is 17.7 Å². The molecule has 1 N–H and O–H groups in total. The van der Waals surface area contributed by atoms with Crippen molar-refractivity contribution in [2.75, 3.05) is 18.4 Å². The van der Waals surface area contributed by atoms with E-state index in [9.17, 15) is 9.18 Å². The lowest BCUT2D eigenvalue weighted by atomic mass is 9.94. The molecule has 1 saturated heterocycles. The van der Waals surface area contributed by atoms with Crippen molar-refractivity contribution in [1.29, 1.82) is 0 Å². The van der Waals surface area contributed by atoms with E-state index in [-0.39, 0.29) is 17.5 Å². The number of carbonyl (C=O) groups is 1. The van der Waals surface area contributed by atoms with E-state index in [4.69, 9.17) is 16.6 Å². The maximum absolute atomic E-state index is 14.1. The molecule has 4 rings (SSSR count). The van der Waals surface area contributed by atoms with E-state index in [1.165, 1.54) is 30.6 Å². The molecule has 148 valence electrons. The third kappa shape index (κ3) is 4.05. The van der Waals surface area contributed by atoms with Gasteiger partial charge in [0.2, 0.25) is 5.91 Å². The van der Waals surface area contributed by atoms with Gasteiger partial charge in [-0.05, 0) is 49.2 Å². The number of halogens is 2. The van der Waals surface area contributed by atoms with Crippen molar-refractivity contribution < 1.29 is 9.18 Å². The molecular weight excluding hydrogens is 393 g/mol. The molecule has 0 spiro atoms. The van der Waals surface area contributed by atoms with Gasteiger partial charge in [-0.3, -0.25) is 4.79 Å². The van der Waals surface area contributed by atoms with Gasteiger partial charge in [0, 0.05) is 29.7 Å². The van der Waals surface area contributed by atoms with E-state index >= 15 is 0 Å². The lowest BCUT2D eigenvalue weighted by Gasteiger charge is -2.31. The number of nitrogens with one attached hydrogen (secondary N) is 1. The SMILES string of the molecule is C=CC(=O)N1CCCC(c2ccc3ncnc(Nc4cc(Cl)ccc4F)c3n2)C1. The Morgan fingerprint density at radius 1 is 1.31 bits per heavy atom. The fraction of sp³-hybridized carbons (Fsp3) is 0.238. The minimum Gasteiger partial charge on any atom is -0.339 e. The number of carbonyl (C=O) groups excluding carboxylic acids is 1. The standard InChI is InChI=1S/C21H19ClFN5O/c1-2-19(29)28-9-3-4-13(11-28)16-7-8-17-20(26-16)21(25-12-24-17)27-18-10-14(22)5-6-15(18)23/h2,5-8,10,12-13H,1,3-4,9,11H2,(H,24,25,27). The van der Waals surface area contributed by atoms with Crippen LogP contribution in [0.1, 0.15) is 24.5 Å². The lowest BCUT2D eigenvalue weighted by Crippen LogP contribution is -2.38. The van der Waals surface area contributed by atoms with Crippen LogP contribution in [-0.2, 0) is 4.79 Å².